The van der Waals surface area contributed by atoms with Crippen LogP contribution in [0.15, 0.2) is 41.3 Å². The summed E-state index contributed by atoms with van der Waals surface area (Å²) in [7, 11) is 0. The van der Waals surface area contributed by atoms with Gasteiger partial charge >= 0.3 is 11.7 Å². The molecule has 100 valence electrons. The van der Waals surface area contributed by atoms with Crippen LogP contribution in [-0.2, 0) is 0 Å². The normalized spacial score (nSPS) is 10.6. The third-order valence-corrected chi connectivity index (χ3v) is 2.68. The number of rotatable bonds is 3. The fraction of sp³-hybridized carbons (Fsp3) is 0. The van der Waals surface area contributed by atoms with Crippen LogP contribution in [0.1, 0.15) is 10.4 Å². The SMILES string of the molecule is O=C(O)c1ccc(Oc2cnc3[nH]c(=O)[nH]c3c2)cc1. The van der Waals surface area contributed by atoms with Crippen LogP contribution in [0.3, 0.4) is 0 Å². The van der Waals surface area contributed by atoms with E-state index in [9.17, 15) is 9.59 Å². The van der Waals surface area contributed by atoms with E-state index >= 15 is 0 Å². The lowest BCUT2D eigenvalue weighted by Crippen LogP contribution is -1.99. The largest absolute Gasteiger partial charge is 0.478 e. The van der Waals surface area contributed by atoms with Crippen LogP contribution in [0.4, 0.5) is 0 Å². The van der Waals surface area contributed by atoms with Crippen LogP contribution >= 0.6 is 0 Å². The number of imidazole rings is 1. The number of benzene rings is 1. The highest BCUT2D eigenvalue weighted by molar-refractivity contribution is 5.87. The minimum Gasteiger partial charge on any atom is -0.478 e. The summed E-state index contributed by atoms with van der Waals surface area (Å²) in [5.41, 5.74) is 0.828. The van der Waals surface area contributed by atoms with Gasteiger partial charge in [0.05, 0.1) is 17.3 Å². The summed E-state index contributed by atoms with van der Waals surface area (Å²) in [6, 6.07) is 7.62. The molecule has 1 aromatic carbocycles. The van der Waals surface area contributed by atoms with Gasteiger partial charge in [-0.1, -0.05) is 0 Å². The Morgan fingerprint density at radius 2 is 1.90 bits per heavy atom. The molecule has 0 saturated heterocycles. The first kappa shape index (κ1) is 12.0. The summed E-state index contributed by atoms with van der Waals surface area (Å²) in [5, 5.41) is 8.80. The van der Waals surface area contributed by atoms with E-state index in [-0.39, 0.29) is 11.3 Å². The molecule has 0 aliphatic carbocycles. The Hall–Kier alpha value is -3.09. The predicted octanol–water partition coefficient (Wildman–Crippen LogP) is 1.74. The third-order valence-electron chi connectivity index (χ3n) is 2.68. The maximum Gasteiger partial charge on any atom is 0.335 e. The second kappa shape index (κ2) is 4.54. The number of nitrogens with zero attached hydrogens (tertiary/aromatic N) is 1. The minimum atomic E-state index is -0.996. The van der Waals surface area contributed by atoms with Crippen LogP contribution in [-0.4, -0.2) is 26.0 Å². The van der Waals surface area contributed by atoms with Crippen molar-refractivity contribution in [1.29, 1.82) is 0 Å². The molecule has 3 rings (SSSR count). The number of hydrogen-bond acceptors (Lipinski definition) is 4. The Balaban J connectivity index is 1.88. The highest BCUT2D eigenvalue weighted by Crippen LogP contribution is 2.22. The van der Waals surface area contributed by atoms with Crippen molar-refractivity contribution in [1.82, 2.24) is 15.0 Å². The molecule has 7 heteroatoms. The molecule has 0 unspecified atom stereocenters. The lowest BCUT2D eigenvalue weighted by molar-refractivity contribution is 0.0697. The number of H-pyrrole nitrogens is 2. The zero-order valence-electron chi connectivity index (χ0n) is 10.1. The van der Waals surface area contributed by atoms with Gasteiger partial charge in [0, 0.05) is 6.07 Å². The molecule has 0 spiro atoms. The zero-order valence-corrected chi connectivity index (χ0v) is 10.1. The summed E-state index contributed by atoms with van der Waals surface area (Å²) < 4.78 is 5.54. The number of carboxylic acid groups (broad SMARTS) is 1. The number of hydrogen-bond donors (Lipinski definition) is 3. The van der Waals surface area contributed by atoms with Crippen molar-refractivity contribution in [2.75, 3.05) is 0 Å². The fourth-order valence-electron chi connectivity index (χ4n) is 1.76. The summed E-state index contributed by atoms with van der Waals surface area (Å²) in [6.07, 6.45) is 1.47. The lowest BCUT2D eigenvalue weighted by Gasteiger charge is -2.05. The fourth-order valence-corrected chi connectivity index (χ4v) is 1.76. The van der Waals surface area contributed by atoms with Crippen LogP contribution in [0.5, 0.6) is 11.5 Å². The molecule has 0 aliphatic rings. The average Bonchev–Trinajstić information content (AvgIpc) is 2.78. The predicted molar refractivity (Wildman–Crippen MR) is 70.2 cm³/mol. The Bertz CT molecular complexity index is 833. The molecule has 20 heavy (non-hydrogen) atoms. The van der Waals surface area contributed by atoms with Gasteiger partial charge in [-0.3, -0.25) is 4.98 Å². The third kappa shape index (κ3) is 2.24. The molecule has 0 radical (unpaired) electrons. The number of aromatic carboxylic acids is 1. The minimum absolute atomic E-state index is 0.181. The molecule has 0 fully saturated rings. The Labute approximate surface area is 111 Å². The van der Waals surface area contributed by atoms with Crippen molar-refractivity contribution in [3.63, 3.8) is 0 Å². The monoisotopic (exact) mass is 271 g/mol. The molecular formula is C13H9N3O4. The van der Waals surface area contributed by atoms with Crippen molar-refractivity contribution in [2.45, 2.75) is 0 Å². The van der Waals surface area contributed by atoms with E-state index in [0.717, 1.165) is 0 Å². The highest BCUT2D eigenvalue weighted by atomic mass is 16.5. The molecule has 7 nitrogen and oxygen atoms in total. The van der Waals surface area contributed by atoms with Gasteiger partial charge in [0.25, 0.3) is 0 Å². The van der Waals surface area contributed by atoms with E-state index < -0.39 is 5.97 Å². The zero-order chi connectivity index (χ0) is 14.1. The van der Waals surface area contributed by atoms with Crippen LogP contribution < -0.4 is 10.4 Å². The van der Waals surface area contributed by atoms with Gasteiger partial charge in [0.2, 0.25) is 0 Å². The first-order valence-corrected chi connectivity index (χ1v) is 5.71. The van der Waals surface area contributed by atoms with Crippen molar-refractivity contribution >= 4 is 17.1 Å². The number of ether oxygens (including phenoxy) is 1. The molecule has 0 saturated carbocycles. The van der Waals surface area contributed by atoms with Gasteiger partial charge in [0.15, 0.2) is 5.65 Å². The number of aromatic nitrogens is 3. The van der Waals surface area contributed by atoms with Crippen LogP contribution in [0, 0.1) is 0 Å². The van der Waals surface area contributed by atoms with Gasteiger partial charge in [0.1, 0.15) is 11.5 Å². The molecular weight excluding hydrogens is 262 g/mol. The second-order valence-corrected chi connectivity index (χ2v) is 4.08. The number of aromatic amines is 2. The number of nitrogens with one attached hydrogen (secondary N) is 2. The smallest absolute Gasteiger partial charge is 0.335 e. The summed E-state index contributed by atoms with van der Waals surface area (Å²) in [6.45, 7) is 0. The van der Waals surface area contributed by atoms with Gasteiger partial charge < -0.3 is 14.8 Å². The first-order chi connectivity index (χ1) is 9.61. The van der Waals surface area contributed by atoms with Crippen molar-refractivity contribution in [3.8, 4) is 11.5 Å². The standard InChI is InChI=1S/C13H9N3O4/c17-12(18)7-1-3-8(4-2-7)20-9-5-10-11(14-6-9)16-13(19)15-10/h1-6H,(H,17,18)(H2,14,15,16,19). The quantitative estimate of drug-likeness (QED) is 0.672. The molecule has 0 amide bonds. The molecule has 0 bridgehead atoms. The topological polar surface area (TPSA) is 108 Å². The number of fused-ring (bicyclic) bond motifs is 1. The summed E-state index contributed by atoms with van der Waals surface area (Å²) >= 11 is 0. The summed E-state index contributed by atoms with van der Waals surface area (Å²) in [5.74, 6) is -0.0746. The average molecular weight is 271 g/mol. The Morgan fingerprint density at radius 1 is 1.15 bits per heavy atom. The molecule has 2 heterocycles. The summed E-state index contributed by atoms with van der Waals surface area (Å²) in [4.78, 5) is 31.0. The number of carbonyl (C=O) groups is 1. The Morgan fingerprint density at radius 3 is 2.60 bits per heavy atom. The molecule has 3 N–H and O–H groups in total. The van der Waals surface area contributed by atoms with Crippen LogP contribution in [0.25, 0.3) is 11.2 Å². The Kier molecular flexibility index (Phi) is 2.72. The maximum atomic E-state index is 11.1. The molecule has 0 atom stereocenters. The highest BCUT2D eigenvalue weighted by Gasteiger charge is 2.05. The van der Waals surface area contributed by atoms with Crippen LogP contribution in [0.2, 0.25) is 0 Å². The van der Waals surface area contributed by atoms with E-state index in [1.54, 1.807) is 18.2 Å². The van der Waals surface area contributed by atoms with E-state index in [1.807, 2.05) is 0 Å². The van der Waals surface area contributed by atoms with Crippen molar-refractivity contribution in [2.24, 2.45) is 0 Å². The second-order valence-electron chi connectivity index (χ2n) is 4.08. The van der Waals surface area contributed by atoms with E-state index in [4.69, 9.17) is 9.84 Å². The first-order valence-electron chi connectivity index (χ1n) is 5.71. The molecule has 3 aromatic rings. The van der Waals surface area contributed by atoms with Gasteiger partial charge in [-0.05, 0) is 24.3 Å². The van der Waals surface area contributed by atoms with Gasteiger partial charge in [-0.25, -0.2) is 14.6 Å². The lowest BCUT2D eigenvalue weighted by atomic mass is 10.2. The van der Waals surface area contributed by atoms with E-state index in [0.29, 0.717) is 22.7 Å². The number of pyridine rings is 1. The van der Waals surface area contributed by atoms with Crippen molar-refractivity contribution < 1.29 is 14.6 Å². The maximum absolute atomic E-state index is 11.1. The van der Waals surface area contributed by atoms with Gasteiger partial charge in [-0.2, -0.15) is 0 Å². The van der Waals surface area contributed by atoms with Crippen molar-refractivity contribution in [3.05, 3.63) is 52.6 Å². The van der Waals surface area contributed by atoms with Gasteiger partial charge in [-0.15, -0.1) is 0 Å². The number of carboxylic acids is 1. The van der Waals surface area contributed by atoms with E-state index in [1.165, 1.54) is 18.3 Å². The molecule has 2 aromatic heterocycles. The van der Waals surface area contributed by atoms with E-state index in [2.05, 4.69) is 15.0 Å². The molecule has 0 aliphatic heterocycles.